The molecule has 4 nitrogen and oxygen atoms in total. The van der Waals surface area contributed by atoms with Crippen LogP contribution in [0.25, 0.3) is 0 Å². The average Bonchev–Trinajstić information content (AvgIpc) is 2.54. The second-order valence-corrected chi connectivity index (χ2v) is 4.71. The number of carbonyl (C=O) groups excluding carboxylic acids is 1. The summed E-state index contributed by atoms with van der Waals surface area (Å²) in [5.41, 5.74) is 2.40. The van der Waals surface area contributed by atoms with E-state index in [-0.39, 0.29) is 11.5 Å². The Morgan fingerprint density at radius 1 is 1.23 bits per heavy atom. The van der Waals surface area contributed by atoms with Crippen molar-refractivity contribution in [3.8, 4) is 6.07 Å². The first-order valence-corrected chi connectivity index (χ1v) is 6.94. The van der Waals surface area contributed by atoms with Crippen molar-refractivity contribution in [1.29, 1.82) is 5.26 Å². The molecule has 0 aromatic heterocycles. The molecule has 0 saturated heterocycles. The predicted octanol–water partition coefficient (Wildman–Crippen LogP) is 3.06. The highest BCUT2D eigenvalue weighted by molar-refractivity contribution is 5.94. The van der Waals surface area contributed by atoms with Gasteiger partial charge in [-0.25, -0.2) is 4.39 Å². The van der Waals surface area contributed by atoms with Crippen LogP contribution in [0.5, 0.6) is 0 Å². The van der Waals surface area contributed by atoms with Crippen LogP contribution in [0.2, 0.25) is 0 Å². The Bertz CT molecular complexity index is 705. The number of halogens is 1. The minimum Gasteiger partial charge on any atom is -0.380 e. The molecule has 0 heterocycles. The van der Waals surface area contributed by atoms with Crippen molar-refractivity contribution in [3.05, 3.63) is 65.0 Å². The van der Waals surface area contributed by atoms with E-state index < -0.39 is 5.82 Å². The topological polar surface area (TPSA) is 64.9 Å². The van der Waals surface area contributed by atoms with Crippen molar-refractivity contribution in [1.82, 2.24) is 5.32 Å². The number of nitrogens with one attached hydrogen (secondary N) is 2. The molecule has 0 bridgehead atoms. The van der Waals surface area contributed by atoms with Crippen molar-refractivity contribution in [2.24, 2.45) is 0 Å². The van der Waals surface area contributed by atoms with Crippen molar-refractivity contribution >= 4 is 11.6 Å². The first-order valence-electron chi connectivity index (χ1n) is 6.94. The van der Waals surface area contributed by atoms with Gasteiger partial charge in [0.1, 0.15) is 11.9 Å². The quantitative estimate of drug-likeness (QED) is 0.891. The van der Waals surface area contributed by atoms with Crippen molar-refractivity contribution in [2.45, 2.75) is 13.5 Å². The van der Waals surface area contributed by atoms with Crippen LogP contribution >= 0.6 is 0 Å². The molecule has 0 aliphatic heterocycles. The fraction of sp³-hybridized carbons (Fsp3) is 0.176. The van der Waals surface area contributed by atoms with E-state index in [1.54, 1.807) is 12.1 Å². The van der Waals surface area contributed by atoms with Crippen LogP contribution in [0, 0.1) is 17.1 Å². The molecule has 0 atom stereocenters. The number of nitriles is 1. The fourth-order valence-electron chi connectivity index (χ4n) is 2.00. The summed E-state index contributed by atoms with van der Waals surface area (Å²) in [4.78, 5) is 11.7. The molecule has 1 amide bonds. The Labute approximate surface area is 128 Å². The molecule has 0 spiro atoms. The highest BCUT2D eigenvalue weighted by Crippen LogP contribution is 2.17. The maximum atomic E-state index is 13.1. The summed E-state index contributed by atoms with van der Waals surface area (Å²) in [5.74, 6) is -0.541. The lowest BCUT2D eigenvalue weighted by Gasteiger charge is -2.09. The largest absolute Gasteiger partial charge is 0.380 e. The zero-order valence-electron chi connectivity index (χ0n) is 12.2. The van der Waals surface area contributed by atoms with E-state index >= 15 is 0 Å². The van der Waals surface area contributed by atoms with E-state index in [9.17, 15) is 9.18 Å². The summed E-state index contributed by atoms with van der Waals surface area (Å²) in [6, 6.07) is 13.2. The van der Waals surface area contributed by atoms with Gasteiger partial charge in [-0.3, -0.25) is 4.79 Å². The zero-order chi connectivity index (χ0) is 15.9. The summed E-state index contributed by atoms with van der Waals surface area (Å²) in [7, 11) is 0. The van der Waals surface area contributed by atoms with Crippen molar-refractivity contribution in [2.75, 3.05) is 11.9 Å². The van der Waals surface area contributed by atoms with E-state index in [1.165, 1.54) is 18.2 Å². The number of hydrogen-bond donors (Lipinski definition) is 2. The second kappa shape index (κ2) is 7.23. The number of amides is 1. The maximum Gasteiger partial charge on any atom is 0.251 e. The molecular weight excluding hydrogens is 281 g/mol. The third kappa shape index (κ3) is 3.83. The molecule has 0 aliphatic carbocycles. The molecule has 0 aliphatic rings. The number of hydrogen-bond acceptors (Lipinski definition) is 3. The highest BCUT2D eigenvalue weighted by atomic mass is 19.1. The average molecular weight is 297 g/mol. The SMILES string of the molecule is CCNC(=O)c1ccc(CNc2ccc(F)cc2C#N)cc1. The third-order valence-electron chi connectivity index (χ3n) is 3.14. The second-order valence-electron chi connectivity index (χ2n) is 4.71. The molecule has 0 radical (unpaired) electrons. The summed E-state index contributed by atoms with van der Waals surface area (Å²) in [5, 5.41) is 14.8. The van der Waals surface area contributed by atoms with Crippen LogP contribution in [-0.2, 0) is 6.54 Å². The molecule has 22 heavy (non-hydrogen) atoms. The Hall–Kier alpha value is -2.87. The van der Waals surface area contributed by atoms with Gasteiger partial charge in [0.15, 0.2) is 0 Å². The highest BCUT2D eigenvalue weighted by Gasteiger charge is 2.05. The van der Waals surface area contributed by atoms with Crippen LogP contribution in [0.15, 0.2) is 42.5 Å². The van der Waals surface area contributed by atoms with Crippen LogP contribution in [0.4, 0.5) is 10.1 Å². The Morgan fingerprint density at radius 2 is 1.95 bits per heavy atom. The number of rotatable bonds is 5. The molecule has 2 rings (SSSR count). The number of carbonyl (C=O) groups is 1. The van der Waals surface area contributed by atoms with Gasteiger partial charge in [0.2, 0.25) is 0 Å². The van der Waals surface area contributed by atoms with Crippen LogP contribution in [0.1, 0.15) is 28.4 Å². The van der Waals surface area contributed by atoms with Gasteiger partial charge in [-0.1, -0.05) is 12.1 Å². The summed E-state index contributed by atoms with van der Waals surface area (Å²) >= 11 is 0. The van der Waals surface area contributed by atoms with Crippen LogP contribution in [-0.4, -0.2) is 12.5 Å². The van der Waals surface area contributed by atoms with E-state index in [1.807, 2.05) is 25.1 Å². The number of nitrogens with zero attached hydrogens (tertiary/aromatic N) is 1. The Morgan fingerprint density at radius 3 is 2.59 bits per heavy atom. The molecule has 0 saturated carbocycles. The molecule has 0 fully saturated rings. The van der Waals surface area contributed by atoms with Crippen LogP contribution < -0.4 is 10.6 Å². The van der Waals surface area contributed by atoms with E-state index in [2.05, 4.69) is 10.6 Å². The molecule has 2 aromatic rings. The first-order chi connectivity index (χ1) is 10.6. The lowest BCUT2D eigenvalue weighted by Crippen LogP contribution is -2.22. The normalized spacial score (nSPS) is 9.86. The summed E-state index contributed by atoms with van der Waals surface area (Å²) in [6.45, 7) is 2.94. The van der Waals surface area contributed by atoms with Gasteiger partial charge >= 0.3 is 0 Å². The standard InChI is InChI=1S/C17H16FN3O/c1-2-20-17(22)13-5-3-12(4-6-13)11-21-16-8-7-15(18)9-14(16)10-19/h3-9,21H,2,11H2,1H3,(H,20,22). The van der Waals surface area contributed by atoms with Gasteiger partial charge in [-0.15, -0.1) is 0 Å². The molecular formula is C17H16FN3O. The van der Waals surface area contributed by atoms with E-state index in [0.717, 1.165) is 5.56 Å². The van der Waals surface area contributed by atoms with Gasteiger partial charge in [0.05, 0.1) is 11.3 Å². The smallest absolute Gasteiger partial charge is 0.251 e. The monoisotopic (exact) mass is 297 g/mol. The van der Waals surface area contributed by atoms with E-state index in [4.69, 9.17) is 5.26 Å². The van der Waals surface area contributed by atoms with Gasteiger partial charge < -0.3 is 10.6 Å². The van der Waals surface area contributed by atoms with E-state index in [0.29, 0.717) is 24.3 Å². The van der Waals surface area contributed by atoms with Crippen molar-refractivity contribution in [3.63, 3.8) is 0 Å². The summed E-state index contributed by atoms with van der Waals surface area (Å²) in [6.07, 6.45) is 0. The van der Waals surface area contributed by atoms with Gasteiger partial charge in [0.25, 0.3) is 5.91 Å². The molecule has 2 N–H and O–H groups in total. The number of benzene rings is 2. The Balaban J connectivity index is 2.03. The molecule has 0 unspecified atom stereocenters. The fourth-order valence-corrected chi connectivity index (χ4v) is 2.00. The lowest BCUT2D eigenvalue weighted by molar-refractivity contribution is 0.0956. The lowest BCUT2D eigenvalue weighted by atomic mass is 10.1. The number of anilines is 1. The van der Waals surface area contributed by atoms with Crippen LogP contribution in [0.3, 0.4) is 0 Å². The minimum absolute atomic E-state index is 0.104. The Kier molecular flexibility index (Phi) is 5.10. The van der Waals surface area contributed by atoms with Gasteiger partial charge in [-0.2, -0.15) is 5.26 Å². The summed E-state index contributed by atoms with van der Waals surface area (Å²) < 4.78 is 13.1. The zero-order valence-corrected chi connectivity index (χ0v) is 12.2. The van der Waals surface area contributed by atoms with Gasteiger partial charge in [-0.05, 0) is 42.8 Å². The molecule has 112 valence electrons. The first kappa shape index (κ1) is 15.5. The predicted molar refractivity (Wildman–Crippen MR) is 82.9 cm³/mol. The maximum absolute atomic E-state index is 13.1. The third-order valence-corrected chi connectivity index (χ3v) is 3.14. The molecule has 5 heteroatoms. The van der Waals surface area contributed by atoms with Crippen molar-refractivity contribution < 1.29 is 9.18 Å². The molecule has 2 aromatic carbocycles. The van der Waals surface area contributed by atoms with Gasteiger partial charge in [0, 0.05) is 18.7 Å². The minimum atomic E-state index is -0.437.